The number of carbonyl (C=O) groups is 2. The van der Waals surface area contributed by atoms with Gasteiger partial charge >= 0.3 is 5.97 Å². The maximum absolute atomic E-state index is 12.2. The second-order valence-corrected chi connectivity index (χ2v) is 4.84. The second kappa shape index (κ2) is 5.85. The van der Waals surface area contributed by atoms with Crippen molar-refractivity contribution >= 4 is 17.8 Å². The number of nitrogen functional groups attached to an aromatic ring is 1. The number of carboxylic acid groups (broad SMARTS) is 1. The number of nitrogens with zero attached hydrogens (tertiary/aromatic N) is 2. The summed E-state index contributed by atoms with van der Waals surface area (Å²) in [5.74, 6) is -1.50. The van der Waals surface area contributed by atoms with Crippen molar-refractivity contribution in [3.8, 4) is 0 Å². The summed E-state index contributed by atoms with van der Waals surface area (Å²) in [6.07, 6.45) is 3.79. The molecular formula is C13H18N4O3. The number of fused-ring (bicyclic) bond motifs is 1. The van der Waals surface area contributed by atoms with Gasteiger partial charge in [0, 0.05) is 11.3 Å². The van der Waals surface area contributed by atoms with E-state index in [1.807, 2.05) is 0 Å². The van der Waals surface area contributed by atoms with Gasteiger partial charge in [0.1, 0.15) is 11.7 Å². The van der Waals surface area contributed by atoms with Crippen molar-refractivity contribution < 1.29 is 14.7 Å². The molecule has 0 aromatic carbocycles. The van der Waals surface area contributed by atoms with Gasteiger partial charge in [0.2, 0.25) is 5.95 Å². The average Bonchev–Trinajstić information content (AvgIpc) is 2.43. The van der Waals surface area contributed by atoms with Crippen molar-refractivity contribution in [2.45, 2.75) is 45.1 Å². The standard InChI is InChI=1S/C13H18N4O3/c1-2-8(12(19)20)15-11(18)10-7-5-3-4-6-9(7)16-13(14)17-10/h8H,2-6H2,1H3,(H,15,18)(H,19,20)(H2,14,16,17). The molecule has 0 bridgehead atoms. The van der Waals surface area contributed by atoms with Crippen molar-refractivity contribution in [3.05, 3.63) is 17.0 Å². The number of hydrogen-bond donors (Lipinski definition) is 3. The van der Waals surface area contributed by atoms with Crippen LogP contribution in [0.3, 0.4) is 0 Å². The predicted molar refractivity (Wildman–Crippen MR) is 72.3 cm³/mol. The average molecular weight is 278 g/mol. The van der Waals surface area contributed by atoms with Crippen molar-refractivity contribution in [3.63, 3.8) is 0 Å². The number of aryl methyl sites for hydroxylation is 1. The molecule has 0 radical (unpaired) electrons. The van der Waals surface area contributed by atoms with Gasteiger partial charge in [-0.15, -0.1) is 0 Å². The molecule has 20 heavy (non-hydrogen) atoms. The van der Waals surface area contributed by atoms with E-state index in [1.54, 1.807) is 6.92 Å². The summed E-state index contributed by atoms with van der Waals surface area (Å²) in [6, 6.07) is -0.919. The van der Waals surface area contributed by atoms with Gasteiger partial charge in [0.05, 0.1) is 0 Å². The lowest BCUT2D eigenvalue weighted by Crippen LogP contribution is -2.41. The van der Waals surface area contributed by atoms with E-state index in [0.717, 1.165) is 36.9 Å². The fraction of sp³-hybridized carbons (Fsp3) is 0.538. The summed E-state index contributed by atoms with van der Waals surface area (Å²) in [7, 11) is 0. The fourth-order valence-electron chi connectivity index (χ4n) is 2.37. The maximum Gasteiger partial charge on any atom is 0.326 e. The number of nitrogens with two attached hydrogens (primary N) is 1. The fourth-order valence-corrected chi connectivity index (χ4v) is 2.37. The lowest BCUT2D eigenvalue weighted by molar-refractivity contribution is -0.139. The van der Waals surface area contributed by atoms with Crippen LogP contribution in [0.2, 0.25) is 0 Å². The lowest BCUT2D eigenvalue weighted by Gasteiger charge is -2.19. The molecule has 1 aliphatic rings. The first-order valence-corrected chi connectivity index (χ1v) is 6.71. The van der Waals surface area contributed by atoms with Gasteiger partial charge in [-0.1, -0.05) is 6.92 Å². The smallest absolute Gasteiger partial charge is 0.326 e. The number of amides is 1. The Balaban J connectivity index is 2.30. The Labute approximate surface area is 116 Å². The van der Waals surface area contributed by atoms with E-state index in [1.165, 1.54) is 0 Å². The molecule has 4 N–H and O–H groups in total. The molecule has 0 spiro atoms. The number of aliphatic carboxylic acids is 1. The highest BCUT2D eigenvalue weighted by atomic mass is 16.4. The quantitative estimate of drug-likeness (QED) is 0.739. The predicted octanol–water partition coefficient (Wildman–Crippen LogP) is 0.531. The van der Waals surface area contributed by atoms with Gasteiger partial charge < -0.3 is 16.2 Å². The summed E-state index contributed by atoms with van der Waals surface area (Å²) in [4.78, 5) is 31.4. The Morgan fingerprint density at radius 2 is 2.05 bits per heavy atom. The minimum atomic E-state index is -1.06. The Morgan fingerprint density at radius 1 is 1.35 bits per heavy atom. The van der Waals surface area contributed by atoms with E-state index in [2.05, 4.69) is 15.3 Å². The number of aromatic nitrogens is 2. The van der Waals surface area contributed by atoms with Crippen LogP contribution in [-0.2, 0) is 17.6 Å². The molecule has 1 amide bonds. The molecule has 2 rings (SSSR count). The normalized spacial score (nSPS) is 15.2. The number of rotatable bonds is 4. The van der Waals surface area contributed by atoms with Gasteiger partial charge in [-0.25, -0.2) is 14.8 Å². The molecule has 7 heteroatoms. The van der Waals surface area contributed by atoms with Crippen LogP contribution < -0.4 is 11.1 Å². The van der Waals surface area contributed by atoms with Crippen molar-refractivity contribution in [1.29, 1.82) is 0 Å². The van der Waals surface area contributed by atoms with Gasteiger partial charge in [0.15, 0.2) is 0 Å². The summed E-state index contributed by atoms with van der Waals surface area (Å²) < 4.78 is 0. The first kappa shape index (κ1) is 14.2. The zero-order chi connectivity index (χ0) is 14.7. The van der Waals surface area contributed by atoms with Gasteiger partial charge in [-0.05, 0) is 32.1 Å². The molecule has 1 unspecified atom stereocenters. The first-order chi connectivity index (χ1) is 9.52. The minimum absolute atomic E-state index is 0.0548. The molecule has 0 aliphatic heterocycles. The summed E-state index contributed by atoms with van der Waals surface area (Å²) in [5.41, 5.74) is 7.44. The number of hydrogen-bond acceptors (Lipinski definition) is 5. The monoisotopic (exact) mass is 278 g/mol. The number of anilines is 1. The third-order valence-electron chi connectivity index (χ3n) is 3.43. The lowest BCUT2D eigenvalue weighted by atomic mass is 9.94. The van der Waals surface area contributed by atoms with E-state index in [9.17, 15) is 9.59 Å². The molecule has 0 saturated heterocycles. The summed E-state index contributed by atoms with van der Waals surface area (Å²) >= 11 is 0. The van der Waals surface area contributed by atoms with Gasteiger partial charge in [0.25, 0.3) is 5.91 Å². The van der Waals surface area contributed by atoms with Crippen LogP contribution in [0.4, 0.5) is 5.95 Å². The van der Waals surface area contributed by atoms with E-state index < -0.39 is 17.9 Å². The molecule has 1 atom stereocenters. The zero-order valence-electron chi connectivity index (χ0n) is 11.3. The van der Waals surface area contributed by atoms with E-state index in [-0.39, 0.29) is 11.6 Å². The van der Waals surface area contributed by atoms with Crippen LogP contribution in [-0.4, -0.2) is 33.0 Å². The van der Waals surface area contributed by atoms with Gasteiger partial charge in [-0.2, -0.15) is 0 Å². The van der Waals surface area contributed by atoms with Crippen LogP contribution >= 0.6 is 0 Å². The van der Waals surface area contributed by atoms with Crippen molar-refractivity contribution in [2.24, 2.45) is 0 Å². The molecule has 0 saturated carbocycles. The molecular weight excluding hydrogens is 260 g/mol. The van der Waals surface area contributed by atoms with Crippen LogP contribution in [0, 0.1) is 0 Å². The highest BCUT2D eigenvalue weighted by molar-refractivity contribution is 5.96. The molecule has 0 fully saturated rings. The van der Waals surface area contributed by atoms with E-state index >= 15 is 0 Å². The zero-order valence-corrected chi connectivity index (χ0v) is 11.3. The molecule has 108 valence electrons. The highest BCUT2D eigenvalue weighted by Gasteiger charge is 2.25. The SMILES string of the molecule is CCC(NC(=O)c1nc(N)nc2c1CCCC2)C(=O)O. The summed E-state index contributed by atoms with van der Waals surface area (Å²) in [5, 5.41) is 11.5. The maximum atomic E-state index is 12.2. The Bertz CT molecular complexity index is 545. The molecule has 1 heterocycles. The van der Waals surface area contributed by atoms with E-state index in [0.29, 0.717) is 6.42 Å². The Morgan fingerprint density at radius 3 is 2.70 bits per heavy atom. The molecule has 7 nitrogen and oxygen atoms in total. The third kappa shape index (κ3) is 2.87. The van der Waals surface area contributed by atoms with Crippen molar-refractivity contribution in [2.75, 3.05) is 5.73 Å². The van der Waals surface area contributed by atoms with Crippen LogP contribution in [0.1, 0.15) is 47.9 Å². The van der Waals surface area contributed by atoms with Crippen molar-refractivity contribution in [1.82, 2.24) is 15.3 Å². The van der Waals surface area contributed by atoms with Crippen LogP contribution in [0.5, 0.6) is 0 Å². The van der Waals surface area contributed by atoms with Crippen LogP contribution in [0.15, 0.2) is 0 Å². The number of carbonyl (C=O) groups excluding carboxylic acids is 1. The van der Waals surface area contributed by atoms with E-state index in [4.69, 9.17) is 10.8 Å². The van der Waals surface area contributed by atoms with Gasteiger partial charge in [-0.3, -0.25) is 4.79 Å². The topological polar surface area (TPSA) is 118 Å². The largest absolute Gasteiger partial charge is 0.480 e. The first-order valence-electron chi connectivity index (χ1n) is 6.71. The summed E-state index contributed by atoms with van der Waals surface area (Å²) in [6.45, 7) is 1.70. The molecule has 1 aromatic heterocycles. The molecule has 1 aliphatic carbocycles. The number of nitrogens with one attached hydrogen (secondary N) is 1. The Hall–Kier alpha value is -2.18. The third-order valence-corrected chi connectivity index (χ3v) is 3.43. The van der Waals surface area contributed by atoms with Crippen LogP contribution in [0.25, 0.3) is 0 Å². The molecule has 1 aromatic rings. The second-order valence-electron chi connectivity index (χ2n) is 4.84. The highest BCUT2D eigenvalue weighted by Crippen LogP contribution is 2.22. The minimum Gasteiger partial charge on any atom is -0.480 e. The Kier molecular flexibility index (Phi) is 4.16. The number of carboxylic acids is 1.